The Hall–Kier alpha value is -2.05. The second-order valence-electron chi connectivity index (χ2n) is 4.33. The highest BCUT2D eigenvalue weighted by molar-refractivity contribution is 7.79. The number of rotatable bonds is 4. The lowest BCUT2D eigenvalue weighted by molar-refractivity contribution is 0.564. The van der Waals surface area contributed by atoms with Gasteiger partial charge in [0.15, 0.2) is 11.1 Å². The van der Waals surface area contributed by atoms with Gasteiger partial charge in [-0.3, -0.25) is 0 Å². The molecule has 0 heterocycles. The first-order valence-corrected chi connectivity index (χ1v) is 7.07. The molecule has 0 saturated heterocycles. The van der Waals surface area contributed by atoms with Crippen molar-refractivity contribution in [1.29, 1.82) is 0 Å². The Morgan fingerprint density at radius 3 is 2.35 bits per heavy atom. The van der Waals surface area contributed by atoms with E-state index in [2.05, 4.69) is 10.2 Å². The van der Waals surface area contributed by atoms with Gasteiger partial charge in [0.25, 0.3) is 0 Å². The van der Waals surface area contributed by atoms with Crippen molar-refractivity contribution >= 4 is 28.1 Å². The molecule has 2 aromatic rings. The van der Waals surface area contributed by atoms with Gasteiger partial charge in [0.2, 0.25) is 0 Å². The van der Waals surface area contributed by atoms with Crippen LogP contribution < -0.4 is 4.90 Å². The minimum Gasteiger partial charge on any atom is -0.376 e. The van der Waals surface area contributed by atoms with Crippen LogP contribution >= 0.6 is 0 Å². The number of hydrogen-bond donors (Lipinski definition) is 1. The Balaban J connectivity index is 2.36. The van der Waals surface area contributed by atoms with E-state index in [1.54, 1.807) is 18.2 Å². The zero-order valence-electron chi connectivity index (χ0n) is 11.2. The van der Waals surface area contributed by atoms with Crippen molar-refractivity contribution < 1.29 is 8.76 Å². The van der Waals surface area contributed by atoms with E-state index in [1.165, 1.54) is 0 Å². The monoisotopic (exact) mass is 289 g/mol. The smallest absolute Gasteiger partial charge is 0.186 e. The fourth-order valence-electron chi connectivity index (χ4n) is 1.66. The third-order valence-electron chi connectivity index (χ3n) is 2.66. The van der Waals surface area contributed by atoms with Crippen LogP contribution in [0.4, 0.5) is 17.1 Å². The molecular formula is C14H15N3O2S. The molecule has 0 fully saturated rings. The van der Waals surface area contributed by atoms with Gasteiger partial charge in [-0.25, -0.2) is 4.21 Å². The minimum atomic E-state index is -2.00. The fourth-order valence-corrected chi connectivity index (χ4v) is 2.06. The highest BCUT2D eigenvalue weighted by Gasteiger charge is 2.08. The average Bonchev–Trinajstić information content (AvgIpc) is 2.45. The second kappa shape index (κ2) is 6.40. The summed E-state index contributed by atoms with van der Waals surface area (Å²) < 4.78 is 20.2. The lowest BCUT2D eigenvalue weighted by Crippen LogP contribution is -2.09. The summed E-state index contributed by atoms with van der Waals surface area (Å²) in [6.45, 7) is 0. The lowest BCUT2D eigenvalue weighted by atomic mass is 10.2. The van der Waals surface area contributed by atoms with E-state index in [0.29, 0.717) is 10.6 Å². The summed E-state index contributed by atoms with van der Waals surface area (Å²) in [6, 6.07) is 14.3. The van der Waals surface area contributed by atoms with Gasteiger partial charge in [-0.15, -0.1) is 5.11 Å². The molecule has 0 amide bonds. The van der Waals surface area contributed by atoms with Gasteiger partial charge in [0, 0.05) is 14.1 Å². The quantitative estimate of drug-likeness (QED) is 0.688. The highest BCUT2D eigenvalue weighted by Crippen LogP contribution is 2.30. The summed E-state index contributed by atoms with van der Waals surface area (Å²) in [5, 5.41) is 8.35. The molecule has 0 aliphatic rings. The van der Waals surface area contributed by atoms with Crippen LogP contribution in [0.15, 0.2) is 63.7 Å². The van der Waals surface area contributed by atoms with Gasteiger partial charge in [-0.05, 0) is 30.3 Å². The second-order valence-corrected chi connectivity index (χ2v) is 5.30. The Labute approximate surface area is 120 Å². The third kappa shape index (κ3) is 3.49. The van der Waals surface area contributed by atoms with Crippen LogP contribution in [0.1, 0.15) is 0 Å². The van der Waals surface area contributed by atoms with Crippen LogP contribution in [0.3, 0.4) is 0 Å². The van der Waals surface area contributed by atoms with Crippen LogP contribution in [0.25, 0.3) is 0 Å². The molecule has 1 atom stereocenters. The first-order chi connectivity index (χ1) is 9.58. The Morgan fingerprint density at radius 2 is 1.75 bits per heavy atom. The molecule has 0 aromatic heterocycles. The minimum absolute atomic E-state index is 0.340. The molecule has 1 N–H and O–H groups in total. The van der Waals surface area contributed by atoms with Crippen LogP contribution in [0.5, 0.6) is 0 Å². The fraction of sp³-hybridized carbons (Fsp3) is 0.143. The number of nitrogens with zero attached hydrogens (tertiary/aromatic N) is 3. The molecule has 0 aliphatic carbocycles. The van der Waals surface area contributed by atoms with Crippen LogP contribution in [0.2, 0.25) is 0 Å². The average molecular weight is 289 g/mol. The standard InChI is InChI=1S/C14H15N3O2S/c1-17(2)14-10-12(20(18)19)8-9-13(14)16-15-11-6-4-3-5-7-11/h3-10H,1-2H3,(H,18,19). The first-order valence-electron chi connectivity index (χ1n) is 5.97. The lowest BCUT2D eigenvalue weighted by Gasteiger charge is -2.15. The maximum absolute atomic E-state index is 11.1. The van der Waals surface area contributed by atoms with E-state index in [9.17, 15) is 4.21 Å². The third-order valence-corrected chi connectivity index (χ3v) is 3.32. The van der Waals surface area contributed by atoms with E-state index < -0.39 is 11.1 Å². The summed E-state index contributed by atoms with van der Waals surface area (Å²) in [6.07, 6.45) is 0. The van der Waals surface area contributed by atoms with Gasteiger partial charge in [0.05, 0.1) is 16.3 Å². The van der Waals surface area contributed by atoms with Gasteiger partial charge in [-0.2, -0.15) is 5.11 Å². The van der Waals surface area contributed by atoms with Crippen molar-refractivity contribution in [2.45, 2.75) is 4.90 Å². The first kappa shape index (κ1) is 14.4. The molecule has 6 heteroatoms. The predicted molar refractivity (Wildman–Crippen MR) is 80.4 cm³/mol. The van der Waals surface area contributed by atoms with Crippen LogP contribution in [0, 0.1) is 0 Å². The molecule has 0 spiro atoms. The van der Waals surface area contributed by atoms with Crippen molar-refractivity contribution in [3.05, 3.63) is 48.5 Å². The van der Waals surface area contributed by atoms with E-state index in [1.807, 2.05) is 49.3 Å². The predicted octanol–water partition coefficient (Wildman–Crippen LogP) is 3.75. The van der Waals surface area contributed by atoms with Gasteiger partial charge < -0.3 is 9.45 Å². The summed E-state index contributed by atoms with van der Waals surface area (Å²) in [7, 11) is 3.70. The van der Waals surface area contributed by atoms with E-state index in [4.69, 9.17) is 4.55 Å². The number of benzene rings is 2. The summed E-state index contributed by atoms with van der Waals surface area (Å²) >= 11 is -2.00. The number of azo groups is 1. The summed E-state index contributed by atoms with van der Waals surface area (Å²) in [4.78, 5) is 2.17. The van der Waals surface area contributed by atoms with Crippen molar-refractivity contribution in [1.82, 2.24) is 0 Å². The molecule has 2 rings (SSSR count). The molecule has 20 heavy (non-hydrogen) atoms. The number of anilines is 1. The van der Waals surface area contributed by atoms with E-state index >= 15 is 0 Å². The molecule has 2 aromatic carbocycles. The molecule has 1 unspecified atom stereocenters. The highest BCUT2D eigenvalue weighted by atomic mass is 32.2. The van der Waals surface area contributed by atoms with E-state index in [-0.39, 0.29) is 0 Å². The van der Waals surface area contributed by atoms with Crippen molar-refractivity contribution in [3.8, 4) is 0 Å². The number of hydrogen-bond acceptors (Lipinski definition) is 4. The largest absolute Gasteiger partial charge is 0.376 e. The molecule has 104 valence electrons. The SMILES string of the molecule is CN(C)c1cc(S(=O)O)ccc1N=Nc1ccccc1. The van der Waals surface area contributed by atoms with Gasteiger partial charge in [0.1, 0.15) is 5.69 Å². The van der Waals surface area contributed by atoms with Gasteiger partial charge in [-0.1, -0.05) is 18.2 Å². The Kier molecular flexibility index (Phi) is 4.60. The maximum Gasteiger partial charge on any atom is 0.186 e. The van der Waals surface area contributed by atoms with Crippen LogP contribution in [-0.2, 0) is 11.1 Å². The molecule has 0 aliphatic heterocycles. The Morgan fingerprint density at radius 1 is 1.05 bits per heavy atom. The molecule has 0 radical (unpaired) electrons. The molecule has 0 saturated carbocycles. The van der Waals surface area contributed by atoms with E-state index in [0.717, 1.165) is 11.4 Å². The Bertz CT molecular complexity index is 642. The topological polar surface area (TPSA) is 65.3 Å². The zero-order chi connectivity index (χ0) is 14.5. The van der Waals surface area contributed by atoms with Crippen molar-refractivity contribution in [3.63, 3.8) is 0 Å². The normalized spacial score (nSPS) is 12.6. The summed E-state index contributed by atoms with van der Waals surface area (Å²) in [5.74, 6) is 0. The zero-order valence-corrected chi connectivity index (χ0v) is 12.0. The molecule has 0 bridgehead atoms. The maximum atomic E-state index is 11.1. The summed E-state index contributed by atoms with van der Waals surface area (Å²) in [5.41, 5.74) is 2.14. The molecule has 5 nitrogen and oxygen atoms in total. The molecular weight excluding hydrogens is 274 g/mol. The van der Waals surface area contributed by atoms with Crippen LogP contribution in [-0.4, -0.2) is 22.9 Å². The van der Waals surface area contributed by atoms with Crippen molar-refractivity contribution in [2.75, 3.05) is 19.0 Å². The van der Waals surface area contributed by atoms with Gasteiger partial charge >= 0.3 is 0 Å². The van der Waals surface area contributed by atoms with Crippen molar-refractivity contribution in [2.24, 2.45) is 10.2 Å².